The number of alkyl halides is 3. The first-order valence-corrected chi connectivity index (χ1v) is 5.63. The van der Waals surface area contributed by atoms with Crippen LogP contribution in [-0.4, -0.2) is 11.6 Å². The van der Waals surface area contributed by atoms with Crippen LogP contribution >= 0.6 is 15.9 Å². The van der Waals surface area contributed by atoms with Gasteiger partial charge in [0.2, 0.25) is 0 Å². The maximum atomic E-state index is 12.6. The summed E-state index contributed by atoms with van der Waals surface area (Å²) < 4.78 is 43.0. The van der Waals surface area contributed by atoms with Crippen molar-refractivity contribution in [2.75, 3.05) is 6.61 Å². The minimum Gasteiger partial charge on any atom is -0.372 e. The van der Waals surface area contributed by atoms with Gasteiger partial charge in [0.1, 0.15) is 0 Å². The van der Waals surface area contributed by atoms with E-state index >= 15 is 0 Å². The average molecular weight is 296 g/mol. The lowest BCUT2D eigenvalue weighted by atomic mass is 10.1. The molecule has 0 saturated carbocycles. The third-order valence-corrected chi connectivity index (χ3v) is 3.04. The normalized spacial score (nSPS) is 21.4. The Morgan fingerprint density at radius 2 is 2.12 bits per heavy atom. The molecule has 1 aliphatic rings. The molecule has 1 aromatic rings. The molecule has 1 atom stereocenters. The fourth-order valence-electron chi connectivity index (χ4n) is 1.65. The predicted octanol–water partition coefficient (Wildman–Crippen LogP) is 3.71. The molecular weight excluding hydrogens is 287 g/mol. The summed E-state index contributed by atoms with van der Waals surface area (Å²) in [6.45, 7) is 0.587. The van der Waals surface area contributed by atoms with Crippen molar-refractivity contribution in [2.24, 2.45) is 0 Å². The Morgan fingerprint density at radius 1 is 1.38 bits per heavy atom. The summed E-state index contributed by atoms with van der Waals surface area (Å²) in [5.41, 5.74) is -0.534. The molecule has 1 unspecified atom stereocenters. The van der Waals surface area contributed by atoms with Gasteiger partial charge in [-0.3, -0.25) is 0 Å². The maximum absolute atomic E-state index is 12.6. The molecule has 0 N–H and O–H groups in total. The van der Waals surface area contributed by atoms with Crippen LogP contribution in [0.3, 0.4) is 0 Å². The van der Waals surface area contributed by atoms with Crippen LogP contribution < -0.4 is 0 Å². The Bertz CT molecular complexity index is 388. The molecule has 2 heterocycles. The first-order chi connectivity index (χ1) is 7.48. The lowest BCUT2D eigenvalue weighted by Crippen LogP contribution is -2.12. The Labute approximate surface area is 98.9 Å². The molecule has 0 aromatic carbocycles. The SMILES string of the molecule is FC(F)(F)c1nc(C2CCCO2)ccc1Br. The van der Waals surface area contributed by atoms with Gasteiger partial charge in [-0.25, -0.2) is 4.98 Å². The standard InChI is InChI=1S/C10H9BrF3NO/c11-6-3-4-7(8-2-1-5-16-8)15-9(6)10(12,13)14/h3-4,8H,1-2,5H2. The van der Waals surface area contributed by atoms with Gasteiger partial charge in [-0.05, 0) is 40.9 Å². The minimum absolute atomic E-state index is 0.0400. The van der Waals surface area contributed by atoms with Crippen LogP contribution in [0.15, 0.2) is 16.6 Å². The third kappa shape index (κ3) is 2.38. The number of hydrogen-bond acceptors (Lipinski definition) is 2. The van der Waals surface area contributed by atoms with Crippen molar-refractivity contribution in [2.45, 2.75) is 25.1 Å². The Hall–Kier alpha value is -0.620. The first kappa shape index (κ1) is 11.9. The third-order valence-electron chi connectivity index (χ3n) is 2.40. The molecule has 1 fully saturated rings. The van der Waals surface area contributed by atoms with E-state index in [9.17, 15) is 13.2 Å². The van der Waals surface area contributed by atoms with E-state index in [2.05, 4.69) is 20.9 Å². The van der Waals surface area contributed by atoms with Gasteiger partial charge in [0, 0.05) is 11.1 Å². The van der Waals surface area contributed by atoms with Gasteiger partial charge in [0.25, 0.3) is 0 Å². The molecule has 0 aliphatic carbocycles. The molecule has 16 heavy (non-hydrogen) atoms. The second-order valence-electron chi connectivity index (χ2n) is 3.57. The van der Waals surface area contributed by atoms with Gasteiger partial charge in [0.15, 0.2) is 5.69 Å². The Balaban J connectivity index is 2.35. The van der Waals surface area contributed by atoms with Gasteiger partial charge in [-0.1, -0.05) is 0 Å². The van der Waals surface area contributed by atoms with E-state index in [1.54, 1.807) is 6.07 Å². The van der Waals surface area contributed by atoms with Crippen molar-refractivity contribution in [3.05, 3.63) is 28.0 Å². The van der Waals surface area contributed by atoms with Gasteiger partial charge in [-0.15, -0.1) is 0 Å². The second kappa shape index (κ2) is 4.33. The van der Waals surface area contributed by atoms with Crippen LogP contribution in [0, 0.1) is 0 Å². The Kier molecular flexibility index (Phi) is 3.21. The van der Waals surface area contributed by atoms with Gasteiger partial charge >= 0.3 is 6.18 Å². The summed E-state index contributed by atoms with van der Waals surface area (Å²) in [6, 6.07) is 2.93. The molecule has 2 nitrogen and oxygen atoms in total. The molecule has 0 bridgehead atoms. The summed E-state index contributed by atoms with van der Waals surface area (Å²) >= 11 is 2.85. The van der Waals surface area contributed by atoms with Crippen molar-refractivity contribution < 1.29 is 17.9 Å². The highest BCUT2D eigenvalue weighted by atomic mass is 79.9. The maximum Gasteiger partial charge on any atom is 0.434 e. The summed E-state index contributed by atoms with van der Waals surface area (Å²) in [6.07, 6.45) is -3.14. The summed E-state index contributed by atoms with van der Waals surface area (Å²) in [5.74, 6) is 0. The van der Waals surface area contributed by atoms with Crippen molar-refractivity contribution in [1.82, 2.24) is 4.98 Å². The van der Waals surface area contributed by atoms with E-state index in [0.29, 0.717) is 12.3 Å². The topological polar surface area (TPSA) is 22.1 Å². The minimum atomic E-state index is -4.44. The van der Waals surface area contributed by atoms with Crippen LogP contribution in [0.2, 0.25) is 0 Å². The van der Waals surface area contributed by atoms with Crippen molar-refractivity contribution in [3.63, 3.8) is 0 Å². The lowest BCUT2D eigenvalue weighted by molar-refractivity contribution is -0.142. The average Bonchev–Trinajstić information content (AvgIpc) is 2.69. The van der Waals surface area contributed by atoms with Crippen LogP contribution in [0.25, 0.3) is 0 Å². The molecular formula is C10H9BrF3NO. The van der Waals surface area contributed by atoms with Crippen LogP contribution in [-0.2, 0) is 10.9 Å². The molecule has 1 saturated heterocycles. The largest absolute Gasteiger partial charge is 0.434 e. The molecule has 1 aliphatic heterocycles. The number of nitrogens with zero attached hydrogens (tertiary/aromatic N) is 1. The smallest absolute Gasteiger partial charge is 0.372 e. The molecule has 2 rings (SSSR count). The van der Waals surface area contributed by atoms with Crippen molar-refractivity contribution in [3.8, 4) is 0 Å². The first-order valence-electron chi connectivity index (χ1n) is 4.84. The van der Waals surface area contributed by atoms with Crippen molar-refractivity contribution in [1.29, 1.82) is 0 Å². The highest BCUT2D eigenvalue weighted by Crippen LogP contribution is 2.35. The van der Waals surface area contributed by atoms with E-state index in [4.69, 9.17) is 4.74 Å². The lowest BCUT2D eigenvalue weighted by Gasteiger charge is -2.13. The molecule has 1 aromatic heterocycles. The van der Waals surface area contributed by atoms with Gasteiger partial charge in [0.05, 0.1) is 11.8 Å². The number of pyridine rings is 1. The van der Waals surface area contributed by atoms with Crippen molar-refractivity contribution >= 4 is 15.9 Å². The number of rotatable bonds is 1. The van der Waals surface area contributed by atoms with E-state index in [1.807, 2.05) is 0 Å². The van der Waals surface area contributed by atoms with Gasteiger partial charge in [-0.2, -0.15) is 13.2 Å². The zero-order valence-electron chi connectivity index (χ0n) is 8.22. The van der Waals surface area contributed by atoms with E-state index in [-0.39, 0.29) is 10.6 Å². The van der Waals surface area contributed by atoms with E-state index in [0.717, 1.165) is 12.8 Å². The van der Waals surface area contributed by atoms with E-state index < -0.39 is 11.9 Å². The molecule has 6 heteroatoms. The van der Waals surface area contributed by atoms with Crippen LogP contribution in [0.4, 0.5) is 13.2 Å². The predicted molar refractivity (Wildman–Crippen MR) is 54.9 cm³/mol. The highest BCUT2D eigenvalue weighted by Gasteiger charge is 2.36. The summed E-state index contributed by atoms with van der Waals surface area (Å²) in [5, 5.41) is 0. The number of aromatic nitrogens is 1. The number of halogens is 4. The highest BCUT2D eigenvalue weighted by molar-refractivity contribution is 9.10. The molecule has 0 radical (unpaired) electrons. The zero-order chi connectivity index (χ0) is 11.8. The molecule has 0 spiro atoms. The van der Waals surface area contributed by atoms with Crippen LogP contribution in [0.5, 0.6) is 0 Å². The molecule has 88 valence electrons. The monoisotopic (exact) mass is 295 g/mol. The molecule has 0 amide bonds. The summed E-state index contributed by atoms with van der Waals surface area (Å²) in [7, 11) is 0. The van der Waals surface area contributed by atoms with E-state index in [1.165, 1.54) is 6.07 Å². The Morgan fingerprint density at radius 3 is 2.69 bits per heavy atom. The fraction of sp³-hybridized carbons (Fsp3) is 0.500. The van der Waals surface area contributed by atoms with Crippen LogP contribution in [0.1, 0.15) is 30.3 Å². The zero-order valence-corrected chi connectivity index (χ0v) is 9.81. The number of ether oxygens (including phenoxy) is 1. The quantitative estimate of drug-likeness (QED) is 0.788. The summed E-state index contributed by atoms with van der Waals surface area (Å²) in [4.78, 5) is 3.63. The van der Waals surface area contributed by atoms with Gasteiger partial charge < -0.3 is 4.74 Å². The second-order valence-corrected chi connectivity index (χ2v) is 4.42. The fourth-order valence-corrected chi connectivity index (χ4v) is 2.09. The number of hydrogen-bond donors (Lipinski definition) is 0.